The van der Waals surface area contributed by atoms with E-state index in [1.54, 1.807) is 24.3 Å². The quantitative estimate of drug-likeness (QED) is 0.267. The smallest absolute Gasteiger partial charge is 0.335 e. The molecule has 0 radical (unpaired) electrons. The van der Waals surface area contributed by atoms with Crippen LogP contribution >= 0.6 is 22.9 Å². The van der Waals surface area contributed by atoms with Gasteiger partial charge in [0.25, 0.3) is 0 Å². The normalized spacial score (nSPS) is 20.5. The molecule has 0 aliphatic heterocycles. The number of anilines is 1. The Labute approximate surface area is 222 Å². The monoisotopic (exact) mass is 568 g/mol. The van der Waals surface area contributed by atoms with Crippen LogP contribution < -0.4 is 14.8 Å². The van der Waals surface area contributed by atoms with Gasteiger partial charge in [-0.15, -0.1) is 11.3 Å². The molecule has 2 aromatic heterocycles. The standard InChI is InChI=1S/C23H25ClN4O7S2/c1-25-37(32,33)35-18-8-12(7-16(18)29)28-23-15(10-26-11-27-23)21(31)19-9-14(22(24)36-19)20(30)13-5-3-4-6-17(13)34-2/h3-6,9-12,16,18,20,25,29-30H,7-8H2,1-2H3,(H,26,27,28)/t12-,16+,18-,20+/m1/s1. The van der Waals surface area contributed by atoms with Crippen molar-refractivity contribution in [3.05, 3.63) is 68.8 Å². The lowest BCUT2D eigenvalue weighted by Crippen LogP contribution is -2.31. The summed E-state index contributed by atoms with van der Waals surface area (Å²) in [6, 6.07) is 8.07. The number of rotatable bonds is 10. The van der Waals surface area contributed by atoms with Crippen LogP contribution in [-0.4, -0.2) is 66.8 Å². The molecule has 37 heavy (non-hydrogen) atoms. The molecule has 0 spiro atoms. The first-order valence-corrected chi connectivity index (χ1v) is 13.7. The third-order valence-corrected chi connectivity index (χ3v) is 8.32. The number of aliphatic hydroxyl groups excluding tert-OH is 2. The summed E-state index contributed by atoms with van der Waals surface area (Å²) in [5.41, 5.74) is 1.02. The summed E-state index contributed by atoms with van der Waals surface area (Å²) in [6.07, 6.45) is -0.129. The van der Waals surface area contributed by atoms with Gasteiger partial charge in [0.05, 0.1) is 28.0 Å². The second-order valence-electron chi connectivity index (χ2n) is 8.27. The number of carbonyl (C=O) groups is 1. The zero-order valence-electron chi connectivity index (χ0n) is 19.8. The van der Waals surface area contributed by atoms with Crippen molar-refractivity contribution >= 4 is 44.8 Å². The van der Waals surface area contributed by atoms with E-state index < -0.39 is 40.4 Å². The van der Waals surface area contributed by atoms with E-state index in [0.717, 1.165) is 11.3 Å². The number of para-hydroxylation sites is 1. The molecular formula is C23H25ClN4O7S2. The molecule has 1 fully saturated rings. The molecule has 4 atom stereocenters. The van der Waals surface area contributed by atoms with Crippen molar-refractivity contribution in [1.82, 2.24) is 14.7 Å². The molecule has 4 rings (SSSR count). The fourth-order valence-electron chi connectivity index (χ4n) is 4.09. The van der Waals surface area contributed by atoms with E-state index in [9.17, 15) is 23.4 Å². The number of aromatic nitrogens is 2. The Morgan fingerprint density at radius 3 is 2.76 bits per heavy atom. The van der Waals surface area contributed by atoms with Gasteiger partial charge in [-0.3, -0.25) is 8.98 Å². The van der Waals surface area contributed by atoms with E-state index in [-0.39, 0.29) is 33.4 Å². The van der Waals surface area contributed by atoms with E-state index in [1.165, 1.54) is 32.7 Å². The molecule has 11 nitrogen and oxygen atoms in total. The maximum atomic E-state index is 13.4. The highest BCUT2D eigenvalue weighted by Crippen LogP contribution is 2.39. The number of nitrogens with zero attached hydrogens (tertiary/aromatic N) is 2. The summed E-state index contributed by atoms with van der Waals surface area (Å²) in [5, 5.41) is 24.3. The predicted octanol–water partition coefficient (Wildman–Crippen LogP) is 2.30. The molecular weight excluding hydrogens is 544 g/mol. The van der Waals surface area contributed by atoms with Gasteiger partial charge in [-0.25, -0.2) is 9.97 Å². The third-order valence-electron chi connectivity index (χ3n) is 5.94. The van der Waals surface area contributed by atoms with E-state index in [2.05, 4.69) is 15.3 Å². The summed E-state index contributed by atoms with van der Waals surface area (Å²) >= 11 is 7.43. The molecule has 1 aromatic carbocycles. The molecule has 0 bridgehead atoms. The average Bonchev–Trinajstić information content (AvgIpc) is 3.44. The number of halogens is 1. The van der Waals surface area contributed by atoms with Crippen molar-refractivity contribution in [2.24, 2.45) is 0 Å². The largest absolute Gasteiger partial charge is 0.496 e. The first-order chi connectivity index (χ1) is 17.6. The van der Waals surface area contributed by atoms with Crippen LogP contribution in [0.2, 0.25) is 4.34 Å². The van der Waals surface area contributed by atoms with E-state index >= 15 is 0 Å². The number of thiophene rings is 1. The second-order valence-corrected chi connectivity index (χ2v) is 11.4. The minimum Gasteiger partial charge on any atom is -0.496 e. The van der Waals surface area contributed by atoms with Gasteiger partial charge in [-0.2, -0.15) is 13.1 Å². The number of ether oxygens (including phenoxy) is 1. The van der Waals surface area contributed by atoms with Gasteiger partial charge >= 0.3 is 10.3 Å². The molecule has 4 N–H and O–H groups in total. The predicted molar refractivity (Wildman–Crippen MR) is 137 cm³/mol. The summed E-state index contributed by atoms with van der Waals surface area (Å²) in [7, 11) is -1.27. The number of ketones is 1. The van der Waals surface area contributed by atoms with Crippen molar-refractivity contribution in [3.63, 3.8) is 0 Å². The molecule has 0 amide bonds. The highest BCUT2D eigenvalue weighted by Gasteiger charge is 2.37. The van der Waals surface area contributed by atoms with Gasteiger partial charge in [0.15, 0.2) is 0 Å². The van der Waals surface area contributed by atoms with Crippen LogP contribution in [0, 0.1) is 0 Å². The van der Waals surface area contributed by atoms with E-state index in [0.29, 0.717) is 16.9 Å². The highest BCUT2D eigenvalue weighted by molar-refractivity contribution is 7.84. The van der Waals surface area contributed by atoms with Crippen LogP contribution in [0.15, 0.2) is 42.9 Å². The Balaban J connectivity index is 1.54. The third kappa shape index (κ3) is 6.09. The average molecular weight is 569 g/mol. The highest BCUT2D eigenvalue weighted by atomic mass is 35.5. The Bertz CT molecular complexity index is 1380. The lowest BCUT2D eigenvalue weighted by molar-refractivity contribution is 0.0636. The van der Waals surface area contributed by atoms with Crippen molar-refractivity contribution in [2.75, 3.05) is 19.5 Å². The van der Waals surface area contributed by atoms with Crippen molar-refractivity contribution in [2.45, 2.75) is 37.2 Å². The summed E-state index contributed by atoms with van der Waals surface area (Å²) in [4.78, 5) is 21.8. The van der Waals surface area contributed by atoms with Crippen molar-refractivity contribution in [3.8, 4) is 5.75 Å². The van der Waals surface area contributed by atoms with Gasteiger partial charge < -0.3 is 20.3 Å². The van der Waals surface area contributed by atoms with E-state index in [4.69, 9.17) is 20.5 Å². The number of hydrogen-bond donors (Lipinski definition) is 4. The van der Waals surface area contributed by atoms with Gasteiger partial charge in [0.1, 0.15) is 30.1 Å². The molecule has 0 unspecified atom stereocenters. The lowest BCUT2D eigenvalue weighted by atomic mass is 10.0. The van der Waals surface area contributed by atoms with Crippen LogP contribution in [0.5, 0.6) is 5.75 Å². The fraction of sp³-hybridized carbons (Fsp3) is 0.348. The Kier molecular flexibility index (Phi) is 8.43. The fourth-order valence-corrected chi connectivity index (χ4v) is 5.99. The number of hydrogen-bond acceptors (Lipinski definition) is 11. The van der Waals surface area contributed by atoms with Gasteiger partial charge in [0, 0.05) is 30.4 Å². The second kappa shape index (κ2) is 11.4. The van der Waals surface area contributed by atoms with Crippen LogP contribution in [0.4, 0.5) is 5.82 Å². The Morgan fingerprint density at radius 1 is 1.27 bits per heavy atom. The minimum absolute atomic E-state index is 0.153. The SMILES string of the molecule is CNS(=O)(=O)O[C@@H]1C[C@H](Nc2ncncc2C(=O)c2cc([C@@H](O)c3ccccc3OC)c(Cl)s2)C[C@@H]1O. The lowest BCUT2D eigenvalue weighted by Gasteiger charge is -2.15. The van der Waals surface area contributed by atoms with Crippen molar-refractivity contribution in [1.29, 1.82) is 0 Å². The first-order valence-electron chi connectivity index (χ1n) is 11.1. The molecule has 0 saturated heterocycles. The zero-order chi connectivity index (χ0) is 26.7. The minimum atomic E-state index is -3.98. The summed E-state index contributed by atoms with van der Waals surface area (Å²) in [6.45, 7) is 0. The maximum Gasteiger partial charge on any atom is 0.335 e. The zero-order valence-corrected chi connectivity index (χ0v) is 22.2. The number of nitrogens with one attached hydrogen (secondary N) is 2. The number of methoxy groups -OCH3 is 1. The summed E-state index contributed by atoms with van der Waals surface area (Å²) < 4.78 is 36.0. The number of aliphatic hydroxyl groups is 2. The molecule has 2 heterocycles. The van der Waals surface area contributed by atoms with E-state index in [1.807, 2.05) is 4.72 Å². The van der Waals surface area contributed by atoms with Crippen molar-refractivity contribution < 1.29 is 32.3 Å². The van der Waals surface area contributed by atoms with Gasteiger partial charge in [-0.1, -0.05) is 29.8 Å². The van der Waals surface area contributed by atoms with Crippen LogP contribution in [-0.2, 0) is 14.5 Å². The van der Waals surface area contributed by atoms with Crippen LogP contribution in [0.1, 0.15) is 45.3 Å². The molecule has 1 aliphatic carbocycles. The molecule has 198 valence electrons. The number of carbonyl (C=O) groups excluding carboxylic acids is 1. The maximum absolute atomic E-state index is 13.4. The summed E-state index contributed by atoms with van der Waals surface area (Å²) in [5.74, 6) is 0.278. The molecule has 1 saturated carbocycles. The van der Waals surface area contributed by atoms with Crippen LogP contribution in [0.3, 0.4) is 0 Å². The Morgan fingerprint density at radius 2 is 2.03 bits per heavy atom. The first kappa shape index (κ1) is 27.4. The van der Waals surface area contributed by atoms with Gasteiger partial charge in [0.2, 0.25) is 5.78 Å². The van der Waals surface area contributed by atoms with Crippen LogP contribution in [0.25, 0.3) is 0 Å². The Hall–Kier alpha value is -2.65. The topological polar surface area (TPSA) is 160 Å². The molecule has 3 aromatic rings. The van der Waals surface area contributed by atoms with Gasteiger partial charge in [-0.05, 0) is 25.0 Å². The number of benzene rings is 1. The molecule has 1 aliphatic rings. The molecule has 14 heteroatoms.